The number of hydrogen-bond donors (Lipinski definition) is 2. The molecule has 8 heteroatoms. The molecule has 0 unspecified atom stereocenters. The average molecular weight is 301 g/mol. The molecule has 0 aromatic carbocycles. The summed E-state index contributed by atoms with van der Waals surface area (Å²) in [6, 6.07) is 0. The highest BCUT2D eigenvalue weighted by molar-refractivity contribution is 7.88. The molecule has 0 saturated heterocycles. The summed E-state index contributed by atoms with van der Waals surface area (Å²) in [4.78, 5) is 11.1. The SMILES string of the molecule is CC(C)OC(=O)NS(=O)(=O)NCCCCCCCl. The van der Waals surface area contributed by atoms with Gasteiger partial charge >= 0.3 is 16.3 Å². The van der Waals surface area contributed by atoms with E-state index in [1.54, 1.807) is 18.6 Å². The molecule has 0 radical (unpaired) electrons. The zero-order valence-corrected chi connectivity index (χ0v) is 12.3. The number of halogens is 1. The summed E-state index contributed by atoms with van der Waals surface area (Å²) in [6.45, 7) is 3.56. The van der Waals surface area contributed by atoms with Gasteiger partial charge in [-0.05, 0) is 26.7 Å². The van der Waals surface area contributed by atoms with Gasteiger partial charge in [-0.2, -0.15) is 13.1 Å². The Balaban J connectivity index is 3.77. The van der Waals surface area contributed by atoms with Crippen LogP contribution in [-0.4, -0.2) is 33.0 Å². The van der Waals surface area contributed by atoms with Crippen LogP contribution in [0.5, 0.6) is 0 Å². The molecule has 18 heavy (non-hydrogen) atoms. The molecule has 0 bridgehead atoms. The fourth-order valence-electron chi connectivity index (χ4n) is 1.16. The lowest BCUT2D eigenvalue weighted by Crippen LogP contribution is -2.41. The summed E-state index contributed by atoms with van der Waals surface area (Å²) < 4.78 is 31.4. The lowest BCUT2D eigenvalue weighted by Gasteiger charge is -2.10. The number of carbonyl (C=O) groups excluding carboxylic acids is 1. The minimum Gasteiger partial charge on any atom is -0.446 e. The quantitative estimate of drug-likeness (QED) is 0.502. The number of ether oxygens (including phenoxy) is 1. The lowest BCUT2D eigenvalue weighted by molar-refractivity contribution is 0.121. The van der Waals surface area contributed by atoms with Crippen LogP contribution in [0.2, 0.25) is 0 Å². The maximum Gasteiger partial charge on any atom is 0.422 e. The molecule has 0 heterocycles. The highest BCUT2D eigenvalue weighted by atomic mass is 35.5. The zero-order chi connectivity index (χ0) is 14.0. The molecule has 0 aromatic heterocycles. The second-order valence-electron chi connectivity index (χ2n) is 4.06. The van der Waals surface area contributed by atoms with E-state index in [1.807, 2.05) is 0 Å². The summed E-state index contributed by atoms with van der Waals surface area (Å²) in [7, 11) is -3.82. The van der Waals surface area contributed by atoms with Gasteiger partial charge < -0.3 is 4.74 Å². The van der Waals surface area contributed by atoms with Crippen molar-refractivity contribution in [2.45, 2.75) is 45.6 Å². The number of hydrogen-bond acceptors (Lipinski definition) is 4. The Kier molecular flexibility index (Phi) is 9.13. The Morgan fingerprint density at radius 2 is 1.83 bits per heavy atom. The van der Waals surface area contributed by atoms with E-state index in [9.17, 15) is 13.2 Å². The van der Waals surface area contributed by atoms with Crippen molar-refractivity contribution in [3.05, 3.63) is 0 Å². The Morgan fingerprint density at radius 1 is 1.22 bits per heavy atom. The molecule has 0 rings (SSSR count). The molecule has 0 aromatic rings. The smallest absolute Gasteiger partial charge is 0.422 e. The molecular weight excluding hydrogens is 280 g/mol. The fourth-order valence-corrected chi connectivity index (χ4v) is 2.11. The number of alkyl halides is 1. The van der Waals surface area contributed by atoms with E-state index < -0.39 is 16.3 Å². The second-order valence-corrected chi connectivity index (χ2v) is 5.93. The van der Waals surface area contributed by atoms with Gasteiger partial charge in [-0.15, -0.1) is 11.6 Å². The third kappa shape index (κ3) is 10.6. The van der Waals surface area contributed by atoms with Gasteiger partial charge in [-0.1, -0.05) is 12.8 Å². The number of unbranched alkanes of at least 4 members (excludes halogenated alkanes) is 3. The summed E-state index contributed by atoms with van der Waals surface area (Å²) in [5.41, 5.74) is 0. The minimum atomic E-state index is -3.82. The fraction of sp³-hybridized carbons (Fsp3) is 0.900. The molecule has 0 aliphatic carbocycles. The average Bonchev–Trinajstić information content (AvgIpc) is 2.20. The van der Waals surface area contributed by atoms with Gasteiger partial charge in [0.25, 0.3) is 0 Å². The second kappa shape index (κ2) is 9.41. The van der Waals surface area contributed by atoms with E-state index in [0.29, 0.717) is 12.3 Å². The largest absolute Gasteiger partial charge is 0.446 e. The highest BCUT2D eigenvalue weighted by Gasteiger charge is 2.15. The number of nitrogens with one attached hydrogen (secondary N) is 2. The maximum absolute atomic E-state index is 11.4. The summed E-state index contributed by atoms with van der Waals surface area (Å²) >= 11 is 5.51. The van der Waals surface area contributed by atoms with Gasteiger partial charge in [0, 0.05) is 12.4 Å². The van der Waals surface area contributed by atoms with E-state index >= 15 is 0 Å². The predicted octanol–water partition coefficient (Wildman–Crippen LogP) is 1.75. The van der Waals surface area contributed by atoms with Crippen molar-refractivity contribution in [1.82, 2.24) is 9.44 Å². The molecule has 0 saturated carbocycles. The molecule has 1 amide bonds. The van der Waals surface area contributed by atoms with Crippen LogP contribution in [0.25, 0.3) is 0 Å². The van der Waals surface area contributed by atoms with Crippen molar-refractivity contribution in [3.8, 4) is 0 Å². The molecule has 0 aliphatic rings. The van der Waals surface area contributed by atoms with E-state index in [1.165, 1.54) is 0 Å². The third-order valence-electron chi connectivity index (χ3n) is 1.91. The van der Waals surface area contributed by atoms with Gasteiger partial charge in [0.1, 0.15) is 0 Å². The Hall–Kier alpha value is -0.530. The van der Waals surface area contributed by atoms with Gasteiger partial charge in [-0.3, -0.25) is 0 Å². The Labute approximate surface area is 114 Å². The first-order valence-corrected chi connectivity index (χ1v) is 7.93. The molecule has 0 atom stereocenters. The molecule has 2 N–H and O–H groups in total. The van der Waals surface area contributed by atoms with Crippen LogP contribution in [0.4, 0.5) is 4.79 Å². The van der Waals surface area contributed by atoms with E-state index in [0.717, 1.165) is 19.3 Å². The summed E-state index contributed by atoms with van der Waals surface area (Å²) in [5.74, 6) is 0.619. The van der Waals surface area contributed by atoms with Crippen molar-refractivity contribution < 1.29 is 17.9 Å². The summed E-state index contributed by atoms with van der Waals surface area (Å²) in [5, 5.41) is 0. The van der Waals surface area contributed by atoms with Crippen LogP contribution >= 0.6 is 11.6 Å². The van der Waals surface area contributed by atoms with E-state index in [2.05, 4.69) is 9.46 Å². The van der Waals surface area contributed by atoms with Crippen molar-refractivity contribution >= 4 is 27.9 Å². The van der Waals surface area contributed by atoms with Gasteiger partial charge in [0.2, 0.25) is 0 Å². The minimum absolute atomic E-state index is 0.284. The zero-order valence-electron chi connectivity index (χ0n) is 10.7. The lowest BCUT2D eigenvalue weighted by atomic mass is 10.2. The van der Waals surface area contributed by atoms with Crippen LogP contribution in [0.1, 0.15) is 39.5 Å². The Bertz CT molecular complexity index is 333. The van der Waals surface area contributed by atoms with E-state index in [-0.39, 0.29) is 12.6 Å². The number of rotatable bonds is 9. The first-order valence-electron chi connectivity index (χ1n) is 5.91. The first-order chi connectivity index (χ1) is 8.37. The van der Waals surface area contributed by atoms with Crippen LogP contribution in [0.3, 0.4) is 0 Å². The van der Waals surface area contributed by atoms with Gasteiger partial charge in [0.05, 0.1) is 6.10 Å². The normalized spacial score (nSPS) is 11.6. The van der Waals surface area contributed by atoms with Crippen LogP contribution < -0.4 is 9.44 Å². The van der Waals surface area contributed by atoms with Crippen molar-refractivity contribution in [1.29, 1.82) is 0 Å². The predicted molar refractivity (Wildman–Crippen MR) is 70.9 cm³/mol. The molecule has 0 aliphatic heterocycles. The van der Waals surface area contributed by atoms with Crippen molar-refractivity contribution in [3.63, 3.8) is 0 Å². The van der Waals surface area contributed by atoms with Crippen molar-refractivity contribution in [2.75, 3.05) is 12.4 Å². The van der Waals surface area contributed by atoms with E-state index in [4.69, 9.17) is 11.6 Å². The standard InChI is InChI=1S/C10H21ClN2O4S/c1-9(2)17-10(14)13-18(15,16)12-8-6-4-3-5-7-11/h9,12H,3-8H2,1-2H3,(H,13,14). The van der Waals surface area contributed by atoms with Crippen molar-refractivity contribution in [2.24, 2.45) is 0 Å². The maximum atomic E-state index is 11.4. The third-order valence-corrected chi connectivity index (χ3v) is 3.20. The molecule has 0 spiro atoms. The van der Waals surface area contributed by atoms with Crippen LogP contribution in [0.15, 0.2) is 0 Å². The molecule has 0 fully saturated rings. The molecule has 6 nitrogen and oxygen atoms in total. The topological polar surface area (TPSA) is 84.5 Å². The van der Waals surface area contributed by atoms with Gasteiger partial charge in [0.15, 0.2) is 0 Å². The number of amides is 1. The molecule has 108 valence electrons. The summed E-state index contributed by atoms with van der Waals surface area (Å²) in [6.07, 6.45) is 2.15. The van der Waals surface area contributed by atoms with Gasteiger partial charge in [-0.25, -0.2) is 9.52 Å². The molecular formula is C10H21ClN2O4S. The highest BCUT2D eigenvalue weighted by Crippen LogP contribution is 2.00. The first kappa shape index (κ1) is 17.5. The van der Waals surface area contributed by atoms with Crippen LogP contribution in [0, 0.1) is 0 Å². The number of carbonyl (C=O) groups is 1. The monoisotopic (exact) mass is 300 g/mol. The van der Waals surface area contributed by atoms with Crippen LogP contribution in [-0.2, 0) is 14.9 Å². The Morgan fingerprint density at radius 3 is 2.39 bits per heavy atom.